The SMILES string of the molecule is Cc1ccccc1CSCCCCNC(C)(C)C. The summed E-state index contributed by atoms with van der Waals surface area (Å²) in [7, 11) is 0. The van der Waals surface area contributed by atoms with Crippen molar-refractivity contribution >= 4 is 11.8 Å². The van der Waals surface area contributed by atoms with Gasteiger partial charge in [0.05, 0.1) is 0 Å². The Labute approximate surface area is 117 Å². The van der Waals surface area contributed by atoms with E-state index < -0.39 is 0 Å². The minimum atomic E-state index is 0.258. The molecule has 0 spiro atoms. The van der Waals surface area contributed by atoms with Gasteiger partial charge in [0.2, 0.25) is 0 Å². The minimum absolute atomic E-state index is 0.258. The van der Waals surface area contributed by atoms with Crippen molar-refractivity contribution in [2.75, 3.05) is 12.3 Å². The molecular weight excluding hydrogens is 238 g/mol. The first-order valence-corrected chi connectivity index (χ1v) is 8.02. The van der Waals surface area contributed by atoms with E-state index in [4.69, 9.17) is 0 Å². The maximum absolute atomic E-state index is 3.53. The first-order valence-electron chi connectivity index (χ1n) is 6.86. The van der Waals surface area contributed by atoms with Crippen LogP contribution in [-0.4, -0.2) is 17.8 Å². The molecule has 1 N–H and O–H groups in total. The number of thioether (sulfide) groups is 1. The lowest BCUT2D eigenvalue weighted by atomic mass is 10.1. The molecule has 1 aromatic carbocycles. The first-order chi connectivity index (χ1) is 8.49. The Balaban J connectivity index is 2.04. The zero-order chi connectivity index (χ0) is 13.4. The van der Waals surface area contributed by atoms with Gasteiger partial charge in [-0.15, -0.1) is 0 Å². The molecule has 0 atom stereocenters. The van der Waals surface area contributed by atoms with Crippen LogP contribution in [-0.2, 0) is 5.75 Å². The van der Waals surface area contributed by atoms with Crippen molar-refractivity contribution in [3.8, 4) is 0 Å². The number of rotatable bonds is 7. The molecule has 18 heavy (non-hydrogen) atoms. The van der Waals surface area contributed by atoms with Crippen LogP contribution in [0.1, 0.15) is 44.7 Å². The van der Waals surface area contributed by atoms with E-state index in [9.17, 15) is 0 Å². The molecule has 102 valence electrons. The predicted molar refractivity (Wildman–Crippen MR) is 84.3 cm³/mol. The van der Waals surface area contributed by atoms with Gasteiger partial charge in [0.15, 0.2) is 0 Å². The van der Waals surface area contributed by atoms with Crippen LogP contribution < -0.4 is 5.32 Å². The van der Waals surface area contributed by atoms with Gasteiger partial charge < -0.3 is 5.32 Å². The number of hydrogen-bond acceptors (Lipinski definition) is 2. The van der Waals surface area contributed by atoms with Gasteiger partial charge in [-0.2, -0.15) is 11.8 Å². The summed E-state index contributed by atoms with van der Waals surface area (Å²) in [5.41, 5.74) is 3.16. The maximum atomic E-state index is 3.53. The second-order valence-corrected chi connectivity index (χ2v) is 6.97. The lowest BCUT2D eigenvalue weighted by Gasteiger charge is -2.20. The van der Waals surface area contributed by atoms with Gasteiger partial charge in [-0.25, -0.2) is 0 Å². The normalized spacial score (nSPS) is 11.8. The smallest absolute Gasteiger partial charge is 0.0187 e. The fraction of sp³-hybridized carbons (Fsp3) is 0.625. The van der Waals surface area contributed by atoms with Crippen LogP contribution >= 0.6 is 11.8 Å². The summed E-state index contributed by atoms with van der Waals surface area (Å²) in [5, 5.41) is 3.53. The Morgan fingerprint density at radius 3 is 2.50 bits per heavy atom. The van der Waals surface area contributed by atoms with Crippen molar-refractivity contribution in [2.45, 2.75) is 51.8 Å². The Bertz CT molecular complexity index is 341. The van der Waals surface area contributed by atoms with Gasteiger partial charge in [-0.1, -0.05) is 24.3 Å². The van der Waals surface area contributed by atoms with Crippen molar-refractivity contribution in [3.05, 3.63) is 35.4 Å². The largest absolute Gasteiger partial charge is 0.312 e. The third kappa shape index (κ3) is 7.07. The third-order valence-electron chi connectivity index (χ3n) is 2.89. The van der Waals surface area contributed by atoms with E-state index in [1.165, 1.54) is 29.7 Å². The summed E-state index contributed by atoms with van der Waals surface area (Å²) >= 11 is 2.05. The van der Waals surface area contributed by atoms with Gasteiger partial charge in [0.1, 0.15) is 0 Å². The van der Waals surface area contributed by atoms with Gasteiger partial charge in [0, 0.05) is 11.3 Å². The molecule has 0 aromatic heterocycles. The van der Waals surface area contributed by atoms with Crippen LogP contribution in [0.2, 0.25) is 0 Å². The summed E-state index contributed by atoms with van der Waals surface area (Å²) in [6.45, 7) is 10.00. The van der Waals surface area contributed by atoms with E-state index in [-0.39, 0.29) is 5.54 Å². The van der Waals surface area contributed by atoms with Crippen molar-refractivity contribution in [1.82, 2.24) is 5.32 Å². The lowest BCUT2D eigenvalue weighted by molar-refractivity contribution is 0.421. The number of hydrogen-bond donors (Lipinski definition) is 1. The molecule has 0 bridgehead atoms. The van der Waals surface area contributed by atoms with Gasteiger partial charge >= 0.3 is 0 Å². The molecule has 0 amide bonds. The van der Waals surface area contributed by atoms with E-state index in [1.807, 2.05) is 0 Å². The monoisotopic (exact) mass is 265 g/mol. The second kappa shape index (κ2) is 7.85. The Morgan fingerprint density at radius 2 is 1.83 bits per heavy atom. The summed E-state index contributed by atoms with van der Waals surface area (Å²) in [6, 6.07) is 8.68. The topological polar surface area (TPSA) is 12.0 Å². The molecule has 1 aromatic rings. The molecular formula is C16H27NS. The highest BCUT2D eigenvalue weighted by Gasteiger charge is 2.06. The van der Waals surface area contributed by atoms with Crippen molar-refractivity contribution in [1.29, 1.82) is 0 Å². The summed E-state index contributed by atoms with van der Waals surface area (Å²) in [5.74, 6) is 2.42. The average Bonchev–Trinajstić information content (AvgIpc) is 2.28. The third-order valence-corrected chi connectivity index (χ3v) is 3.98. The molecule has 0 radical (unpaired) electrons. The molecule has 0 unspecified atom stereocenters. The number of unbranched alkanes of at least 4 members (excludes halogenated alkanes) is 1. The van der Waals surface area contributed by atoms with Gasteiger partial charge in [-0.3, -0.25) is 0 Å². The highest BCUT2D eigenvalue weighted by molar-refractivity contribution is 7.98. The summed E-state index contributed by atoms with van der Waals surface area (Å²) in [6.07, 6.45) is 2.58. The molecule has 0 aliphatic rings. The van der Waals surface area contributed by atoms with Crippen molar-refractivity contribution < 1.29 is 0 Å². The average molecular weight is 265 g/mol. The zero-order valence-electron chi connectivity index (χ0n) is 12.3. The summed E-state index contributed by atoms with van der Waals surface area (Å²) in [4.78, 5) is 0. The molecule has 0 heterocycles. The van der Waals surface area contributed by atoms with Crippen molar-refractivity contribution in [2.24, 2.45) is 0 Å². The first kappa shape index (κ1) is 15.6. The number of nitrogens with one attached hydrogen (secondary N) is 1. The molecule has 0 saturated carbocycles. The van der Waals surface area contributed by atoms with Crippen LogP contribution in [0.4, 0.5) is 0 Å². The van der Waals surface area contributed by atoms with E-state index in [1.54, 1.807) is 0 Å². The fourth-order valence-electron chi connectivity index (χ4n) is 1.75. The highest BCUT2D eigenvalue weighted by Crippen LogP contribution is 2.16. The quantitative estimate of drug-likeness (QED) is 0.734. The second-order valence-electron chi connectivity index (χ2n) is 5.86. The van der Waals surface area contributed by atoms with Crippen LogP contribution in [0.15, 0.2) is 24.3 Å². The molecule has 1 rings (SSSR count). The van der Waals surface area contributed by atoms with Gasteiger partial charge in [-0.05, 0) is 64.0 Å². The fourth-order valence-corrected chi connectivity index (χ4v) is 2.84. The Kier molecular flexibility index (Phi) is 6.80. The molecule has 1 nitrogen and oxygen atoms in total. The van der Waals surface area contributed by atoms with Crippen molar-refractivity contribution in [3.63, 3.8) is 0 Å². The predicted octanol–water partition coefficient (Wildman–Crippen LogP) is 4.40. The molecule has 0 saturated heterocycles. The molecule has 0 aliphatic carbocycles. The zero-order valence-corrected chi connectivity index (χ0v) is 13.1. The lowest BCUT2D eigenvalue weighted by Crippen LogP contribution is -2.36. The van der Waals surface area contributed by atoms with Crippen LogP contribution in [0.5, 0.6) is 0 Å². The summed E-state index contributed by atoms with van der Waals surface area (Å²) < 4.78 is 0. The molecule has 0 aliphatic heterocycles. The standard InChI is InChI=1S/C16H27NS/c1-14-9-5-6-10-15(14)13-18-12-8-7-11-17-16(2,3)4/h5-6,9-10,17H,7-8,11-13H2,1-4H3. The van der Waals surface area contributed by atoms with Crippen LogP contribution in [0.25, 0.3) is 0 Å². The van der Waals surface area contributed by atoms with E-state index in [0.717, 1.165) is 12.3 Å². The highest BCUT2D eigenvalue weighted by atomic mass is 32.2. The van der Waals surface area contributed by atoms with Gasteiger partial charge in [0.25, 0.3) is 0 Å². The van der Waals surface area contributed by atoms with Crippen LogP contribution in [0.3, 0.4) is 0 Å². The maximum Gasteiger partial charge on any atom is 0.0187 e. The van der Waals surface area contributed by atoms with E-state index in [0.29, 0.717) is 0 Å². The molecule has 2 heteroatoms. The number of aryl methyl sites for hydroxylation is 1. The minimum Gasteiger partial charge on any atom is -0.312 e. The Hall–Kier alpha value is -0.470. The van der Waals surface area contributed by atoms with E-state index >= 15 is 0 Å². The van der Waals surface area contributed by atoms with E-state index in [2.05, 4.69) is 69.0 Å². The molecule has 0 fully saturated rings. The number of benzene rings is 1. The Morgan fingerprint density at radius 1 is 1.11 bits per heavy atom. The van der Waals surface area contributed by atoms with Crippen LogP contribution in [0, 0.1) is 6.92 Å².